The van der Waals surface area contributed by atoms with E-state index in [1.54, 1.807) is 0 Å². The lowest BCUT2D eigenvalue weighted by Gasteiger charge is -2.03. The third kappa shape index (κ3) is 1.93. The number of halogens is 1. The van der Waals surface area contributed by atoms with Crippen LogP contribution in [0.2, 0.25) is 0 Å². The fraction of sp³-hybridized carbons (Fsp3) is 0. The van der Waals surface area contributed by atoms with E-state index >= 15 is 0 Å². The third-order valence-electron chi connectivity index (χ3n) is 3.63. The second-order valence-electron chi connectivity index (χ2n) is 4.76. The Bertz CT molecular complexity index is 862. The minimum absolute atomic E-state index is 0. The second-order valence-corrected chi connectivity index (χ2v) is 4.76. The molecule has 0 spiro atoms. The molecule has 0 saturated heterocycles. The monoisotopic (exact) mass is 323 g/mol. The number of benzene rings is 3. The summed E-state index contributed by atoms with van der Waals surface area (Å²) in [5.41, 5.74) is 4.92. The van der Waals surface area contributed by atoms with Crippen LogP contribution in [-0.4, -0.2) is 4.98 Å². The predicted octanol–water partition coefficient (Wildman–Crippen LogP) is 5.57. The molecule has 98 valence electrons. The fourth-order valence-corrected chi connectivity index (χ4v) is 2.73. The van der Waals surface area contributed by atoms with Crippen LogP contribution in [0.15, 0.2) is 72.8 Å². The molecule has 2 heteroatoms. The largest absolute Gasteiger partial charge is 0.354 e. The van der Waals surface area contributed by atoms with Crippen LogP contribution in [0.4, 0.5) is 0 Å². The van der Waals surface area contributed by atoms with Crippen LogP contribution in [0.3, 0.4) is 0 Å². The quantitative estimate of drug-likeness (QED) is 0.471. The zero-order valence-electron chi connectivity index (χ0n) is 10.8. The Labute approximate surface area is 128 Å². The molecule has 0 bridgehead atoms. The summed E-state index contributed by atoms with van der Waals surface area (Å²) in [6.45, 7) is 0. The zero-order chi connectivity index (χ0) is 12.7. The van der Waals surface area contributed by atoms with E-state index in [4.69, 9.17) is 0 Å². The molecule has 0 amide bonds. The van der Waals surface area contributed by atoms with E-state index in [2.05, 4.69) is 77.8 Å². The normalized spacial score (nSPS) is 10.6. The first-order valence-corrected chi connectivity index (χ1v) is 6.48. The standard InChI is InChI=1S/C18H13N.BrH/c1-2-7-13(8-3-1)14-10-6-11-16-15-9-4-5-12-17(15)19-18(14)16;/h1-12,19H;1H. The van der Waals surface area contributed by atoms with Gasteiger partial charge in [0.25, 0.3) is 0 Å². The number of aromatic amines is 1. The van der Waals surface area contributed by atoms with Gasteiger partial charge in [-0.25, -0.2) is 0 Å². The summed E-state index contributed by atoms with van der Waals surface area (Å²) in [5.74, 6) is 0. The molecule has 4 rings (SSSR count). The van der Waals surface area contributed by atoms with Gasteiger partial charge < -0.3 is 4.98 Å². The van der Waals surface area contributed by atoms with Gasteiger partial charge in [0.2, 0.25) is 0 Å². The van der Waals surface area contributed by atoms with Gasteiger partial charge in [-0.2, -0.15) is 0 Å². The lowest BCUT2D eigenvalue weighted by Crippen LogP contribution is -1.79. The van der Waals surface area contributed by atoms with E-state index in [0.29, 0.717) is 0 Å². The molecular weight excluding hydrogens is 310 g/mol. The lowest BCUT2D eigenvalue weighted by atomic mass is 10.0. The van der Waals surface area contributed by atoms with Crippen molar-refractivity contribution in [1.29, 1.82) is 0 Å². The van der Waals surface area contributed by atoms with E-state index in [9.17, 15) is 0 Å². The van der Waals surface area contributed by atoms with Crippen LogP contribution >= 0.6 is 17.0 Å². The average Bonchev–Trinajstić information content (AvgIpc) is 2.87. The van der Waals surface area contributed by atoms with E-state index in [1.165, 1.54) is 32.9 Å². The number of rotatable bonds is 1. The molecule has 0 saturated carbocycles. The maximum Gasteiger partial charge on any atom is 0.0544 e. The molecule has 4 aromatic rings. The summed E-state index contributed by atoms with van der Waals surface area (Å²) in [4.78, 5) is 3.55. The smallest absolute Gasteiger partial charge is 0.0544 e. The van der Waals surface area contributed by atoms with Gasteiger partial charge in [0.1, 0.15) is 0 Å². The van der Waals surface area contributed by atoms with Crippen molar-refractivity contribution in [3.63, 3.8) is 0 Å². The summed E-state index contributed by atoms with van der Waals surface area (Å²) >= 11 is 0. The van der Waals surface area contributed by atoms with Crippen LogP contribution in [0.25, 0.3) is 32.9 Å². The highest BCUT2D eigenvalue weighted by Gasteiger charge is 2.08. The van der Waals surface area contributed by atoms with Crippen LogP contribution in [0, 0.1) is 0 Å². The number of para-hydroxylation sites is 2. The Morgan fingerprint density at radius 3 is 2.15 bits per heavy atom. The summed E-state index contributed by atoms with van der Waals surface area (Å²) in [5, 5.41) is 2.58. The van der Waals surface area contributed by atoms with Gasteiger partial charge in [-0.1, -0.05) is 66.7 Å². The van der Waals surface area contributed by atoms with Gasteiger partial charge in [-0.05, 0) is 11.6 Å². The van der Waals surface area contributed by atoms with Gasteiger partial charge in [-0.15, -0.1) is 17.0 Å². The molecule has 1 N–H and O–H groups in total. The fourth-order valence-electron chi connectivity index (χ4n) is 2.73. The topological polar surface area (TPSA) is 15.8 Å². The van der Waals surface area contributed by atoms with E-state index in [-0.39, 0.29) is 17.0 Å². The molecule has 0 aliphatic heterocycles. The van der Waals surface area contributed by atoms with Crippen LogP contribution in [-0.2, 0) is 0 Å². The minimum Gasteiger partial charge on any atom is -0.354 e. The molecule has 0 aliphatic carbocycles. The van der Waals surface area contributed by atoms with Gasteiger partial charge in [0, 0.05) is 21.9 Å². The Morgan fingerprint density at radius 2 is 1.30 bits per heavy atom. The Kier molecular flexibility index (Phi) is 3.33. The molecule has 3 aromatic carbocycles. The van der Waals surface area contributed by atoms with Crippen molar-refractivity contribution in [1.82, 2.24) is 4.98 Å². The summed E-state index contributed by atoms with van der Waals surface area (Å²) < 4.78 is 0. The maximum atomic E-state index is 3.55. The minimum atomic E-state index is 0. The first-order valence-electron chi connectivity index (χ1n) is 6.48. The summed E-state index contributed by atoms with van der Waals surface area (Å²) in [7, 11) is 0. The molecule has 1 aromatic heterocycles. The molecule has 1 nitrogen and oxygen atoms in total. The van der Waals surface area contributed by atoms with E-state index in [0.717, 1.165) is 0 Å². The van der Waals surface area contributed by atoms with E-state index < -0.39 is 0 Å². The van der Waals surface area contributed by atoms with Gasteiger partial charge in [-0.3, -0.25) is 0 Å². The summed E-state index contributed by atoms with van der Waals surface area (Å²) in [6, 6.07) is 25.5. The van der Waals surface area contributed by atoms with Crippen molar-refractivity contribution in [2.45, 2.75) is 0 Å². The van der Waals surface area contributed by atoms with Gasteiger partial charge in [0.15, 0.2) is 0 Å². The SMILES string of the molecule is Br.c1ccc(-c2cccc3c2[nH]c2ccccc23)cc1. The molecule has 1 heterocycles. The number of fused-ring (bicyclic) bond motifs is 3. The van der Waals surface area contributed by atoms with E-state index in [1.807, 2.05) is 0 Å². The zero-order valence-corrected chi connectivity index (χ0v) is 12.5. The molecule has 0 atom stereocenters. The predicted molar refractivity (Wildman–Crippen MR) is 91.6 cm³/mol. The number of H-pyrrole nitrogens is 1. The van der Waals surface area contributed by atoms with Crippen LogP contribution in [0.1, 0.15) is 0 Å². The van der Waals surface area contributed by atoms with Crippen LogP contribution in [0.5, 0.6) is 0 Å². The van der Waals surface area contributed by atoms with Crippen LogP contribution < -0.4 is 0 Å². The molecule has 20 heavy (non-hydrogen) atoms. The third-order valence-corrected chi connectivity index (χ3v) is 3.63. The highest BCUT2D eigenvalue weighted by Crippen LogP contribution is 2.32. The van der Waals surface area contributed by atoms with Gasteiger partial charge in [0.05, 0.1) is 5.52 Å². The molecule has 0 aliphatic rings. The van der Waals surface area contributed by atoms with Crippen molar-refractivity contribution in [2.75, 3.05) is 0 Å². The molecule has 0 radical (unpaired) electrons. The average molecular weight is 324 g/mol. The van der Waals surface area contributed by atoms with Crippen molar-refractivity contribution in [3.05, 3.63) is 72.8 Å². The van der Waals surface area contributed by atoms with Crippen molar-refractivity contribution in [3.8, 4) is 11.1 Å². The molecule has 0 fully saturated rings. The molecular formula is C18H14BrN. The van der Waals surface area contributed by atoms with Crippen molar-refractivity contribution < 1.29 is 0 Å². The lowest BCUT2D eigenvalue weighted by molar-refractivity contribution is 1.53. The van der Waals surface area contributed by atoms with Crippen molar-refractivity contribution in [2.24, 2.45) is 0 Å². The highest BCUT2D eigenvalue weighted by atomic mass is 79.9. The first-order chi connectivity index (χ1) is 9.43. The number of aromatic nitrogens is 1. The molecule has 0 unspecified atom stereocenters. The highest BCUT2D eigenvalue weighted by molar-refractivity contribution is 8.93. The number of hydrogen-bond donors (Lipinski definition) is 1. The first kappa shape index (κ1) is 12.9. The Morgan fingerprint density at radius 1 is 0.600 bits per heavy atom. The van der Waals surface area contributed by atoms with Gasteiger partial charge >= 0.3 is 0 Å². The Hall–Kier alpha value is -2.06. The number of nitrogens with one attached hydrogen (secondary N) is 1. The Balaban J connectivity index is 0.00000121. The maximum absolute atomic E-state index is 3.55. The summed E-state index contributed by atoms with van der Waals surface area (Å²) in [6.07, 6.45) is 0. The second kappa shape index (κ2) is 5.14. The number of hydrogen-bond acceptors (Lipinski definition) is 0. The van der Waals surface area contributed by atoms with Crippen molar-refractivity contribution >= 4 is 38.8 Å².